The molecule has 0 heterocycles. The Kier molecular flexibility index (Phi) is 5.08. The largest absolute Gasteiger partial charge is 0.354 e. The maximum Gasteiger partial charge on any atom is 0.236 e. The summed E-state index contributed by atoms with van der Waals surface area (Å²) in [5.74, 6) is -0.0863. The zero-order valence-corrected chi connectivity index (χ0v) is 9.92. The van der Waals surface area contributed by atoms with Gasteiger partial charge in [-0.25, -0.2) is 0 Å². The van der Waals surface area contributed by atoms with Crippen molar-refractivity contribution in [3.63, 3.8) is 0 Å². The first-order valence-corrected chi connectivity index (χ1v) is 4.92. The maximum atomic E-state index is 11.2. The number of hydrogen-bond donors (Lipinski definition) is 2. The molecule has 1 atom stereocenters. The molecule has 0 saturated heterocycles. The van der Waals surface area contributed by atoms with Gasteiger partial charge in [0.25, 0.3) is 0 Å². The molecular formula is C10H23N3O. The summed E-state index contributed by atoms with van der Waals surface area (Å²) in [5.41, 5.74) is 5.52. The fraction of sp³-hybridized carbons (Fsp3) is 0.900. The lowest BCUT2D eigenvalue weighted by atomic mass is 9.93. The Morgan fingerprint density at radius 3 is 2.36 bits per heavy atom. The number of amides is 1. The molecule has 0 bridgehead atoms. The van der Waals surface area contributed by atoms with Gasteiger partial charge in [-0.3, -0.25) is 4.79 Å². The third kappa shape index (κ3) is 5.94. The SMILES string of the molecule is CC(N)C(=O)NCC(C)(C)CN(C)C. The molecule has 0 aliphatic carbocycles. The van der Waals surface area contributed by atoms with Crippen LogP contribution in [0.4, 0.5) is 0 Å². The van der Waals surface area contributed by atoms with E-state index in [4.69, 9.17) is 5.73 Å². The predicted molar refractivity (Wildman–Crippen MR) is 59.0 cm³/mol. The molecule has 0 fully saturated rings. The molecule has 0 aromatic rings. The summed E-state index contributed by atoms with van der Waals surface area (Å²) in [4.78, 5) is 13.3. The van der Waals surface area contributed by atoms with Crippen LogP contribution in [0.25, 0.3) is 0 Å². The minimum Gasteiger partial charge on any atom is -0.354 e. The number of carbonyl (C=O) groups excluding carboxylic acids is 1. The van der Waals surface area contributed by atoms with Crippen LogP contribution in [-0.4, -0.2) is 44.0 Å². The molecule has 1 amide bonds. The number of nitrogens with two attached hydrogens (primary N) is 1. The molecule has 0 radical (unpaired) electrons. The fourth-order valence-corrected chi connectivity index (χ4v) is 1.40. The molecule has 3 N–H and O–H groups in total. The summed E-state index contributed by atoms with van der Waals surface area (Å²) in [7, 11) is 4.05. The molecule has 0 saturated carbocycles. The van der Waals surface area contributed by atoms with E-state index in [9.17, 15) is 4.79 Å². The average Bonchev–Trinajstić information content (AvgIpc) is 1.97. The Labute approximate surface area is 86.8 Å². The lowest BCUT2D eigenvalue weighted by molar-refractivity contribution is -0.122. The average molecular weight is 201 g/mol. The summed E-state index contributed by atoms with van der Waals surface area (Å²) in [6.45, 7) is 7.52. The minimum atomic E-state index is -0.426. The maximum absolute atomic E-state index is 11.2. The molecule has 0 spiro atoms. The van der Waals surface area contributed by atoms with Crippen LogP contribution in [0.15, 0.2) is 0 Å². The quantitative estimate of drug-likeness (QED) is 0.660. The Bertz CT molecular complexity index is 188. The van der Waals surface area contributed by atoms with E-state index in [1.54, 1.807) is 6.92 Å². The second kappa shape index (κ2) is 5.32. The first-order chi connectivity index (χ1) is 6.24. The summed E-state index contributed by atoms with van der Waals surface area (Å²) >= 11 is 0. The van der Waals surface area contributed by atoms with E-state index >= 15 is 0 Å². The van der Waals surface area contributed by atoms with Gasteiger partial charge in [0, 0.05) is 13.1 Å². The molecule has 14 heavy (non-hydrogen) atoms. The molecule has 0 aliphatic heterocycles. The first-order valence-electron chi connectivity index (χ1n) is 4.92. The van der Waals surface area contributed by atoms with Crippen molar-refractivity contribution in [2.45, 2.75) is 26.8 Å². The van der Waals surface area contributed by atoms with Crippen molar-refractivity contribution in [2.75, 3.05) is 27.2 Å². The van der Waals surface area contributed by atoms with Crippen LogP contribution in [0.3, 0.4) is 0 Å². The second-order valence-electron chi connectivity index (χ2n) is 4.91. The van der Waals surface area contributed by atoms with Crippen LogP contribution < -0.4 is 11.1 Å². The zero-order valence-electron chi connectivity index (χ0n) is 9.92. The first kappa shape index (κ1) is 13.4. The van der Waals surface area contributed by atoms with Crippen molar-refractivity contribution < 1.29 is 4.79 Å². The fourth-order valence-electron chi connectivity index (χ4n) is 1.40. The number of nitrogens with one attached hydrogen (secondary N) is 1. The smallest absolute Gasteiger partial charge is 0.236 e. The predicted octanol–water partition coefficient (Wildman–Crippen LogP) is 0.0376. The van der Waals surface area contributed by atoms with E-state index in [1.807, 2.05) is 14.1 Å². The van der Waals surface area contributed by atoms with Gasteiger partial charge >= 0.3 is 0 Å². The number of rotatable bonds is 5. The summed E-state index contributed by atoms with van der Waals surface area (Å²) in [6, 6.07) is -0.426. The highest BCUT2D eigenvalue weighted by atomic mass is 16.2. The van der Waals surface area contributed by atoms with Gasteiger partial charge in [-0.1, -0.05) is 13.8 Å². The van der Waals surface area contributed by atoms with E-state index in [2.05, 4.69) is 24.1 Å². The Hall–Kier alpha value is -0.610. The van der Waals surface area contributed by atoms with Crippen molar-refractivity contribution in [3.8, 4) is 0 Å². The van der Waals surface area contributed by atoms with Crippen LogP contribution in [0.5, 0.6) is 0 Å². The van der Waals surface area contributed by atoms with Gasteiger partial charge in [0.05, 0.1) is 6.04 Å². The van der Waals surface area contributed by atoms with Crippen LogP contribution in [0, 0.1) is 5.41 Å². The van der Waals surface area contributed by atoms with Crippen LogP contribution in [-0.2, 0) is 4.79 Å². The topological polar surface area (TPSA) is 58.4 Å². The van der Waals surface area contributed by atoms with Crippen molar-refractivity contribution in [1.82, 2.24) is 10.2 Å². The molecule has 0 aromatic carbocycles. The highest BCUT2D eigenvalue weighted by molar-refractivity contribution is 5.80. The number of carbonyl (C=O) groups is 1. The van der Waals surface area contributed by atoms with E-state index in [1.165, 1.54) is 0 Å². The molecule has 0 aliphatic rings. The van der Waals surface area contributed by atoms with E-state index in [0.29, 0.717) is 6.54 Å². The van der Waals surface area contributed by atoms with E-state index in [0.717, 1.165) is 6.54 Å². The highest BCUT2D eigenvalue weighted by Gasteiger charge is 2.20. The van der Waals surface area contributed by atoms with Gasteiger partial charge in [-0.15, -0.1) is 0 Å². The molecule has 0 rings (SSSR count). The Balaban J connectivity index is 3.92. The third-order valence-electron chi connectivity index (χ3n) is 1.90. The van der Waals surface area contributed by atoms with Crippen molar-refractivity contribution in [2.24, 2.45) is 11.1 Å². The molecule has 84 valence electrons. The summed E-state index contributed by atoms with van der Waals surface area (Å²) in [5, 5.41) is 2.84. The standard InChI is InChI=1S/C10H23N3O/c1-8(11)9(14)12-6-10(2,3)7-13(4)5/h8H,6-7,11H2,1-5H3,(H,12,14). The lowest BCUT2D eigenvalue weighted by Crippen LogP contribution is -2.45. The molecule has 1 unspecified atom stereocenters. The minimum absolute atomic E-state index is 0.0774. The van der Waals surface area contributed by atoms with E-state index in [-0.39, 0.29) is 11.3 Å². The molecular weight excluding hydrogens is 178 g/mol. The van der Waals surface area contributed by atoms with Crippen LogP contribution in [0.2, 0.25) is 0 Å². The van der Waals surface area contributed by atoms with Crippen molar-refractivity contribution in [3.05, 3.63) is 0 Å². The second-order valence-corrected chi connectivity index (χ2v) is 4.91. The van der Waals surface area contributed by atoms with Gasteiger partial charge in [-0.2, -0.15) is 0 Å². The zero-order chi connectivity index (χ0) is 11.4. The van der Waals surface area contributed by atoms with Crippen molar-refractivity contribution >= 4 is 5.91 Å². The number of nitrogens with zero attached hydrogens (tertiary/aromatic N) is 1. The van der Waals surface area contributed by atoms with E-state index < -0.39 is 6.04 Å². The molecule has 4 nitrogen and oxygen atoms in total. The normalized spacial score (nSPS) is 14.2. The van der Waals surface area contributed by atoms with Gasteiger partial charge in [0.15, 0.2) is 0 Å². The van der Waals surface area contributed by atoms with Gasteiger partial charge in [0.1, 0.15) is 0 Å². The monoisotopic (exact) mass is 201 g/mol. The number of hydrogen-bond acceptors (Lipinski definition) is 3. The third-order valence-corrected chi connectivity index (χ3v) is 1.90. The van der Waals surface area contributed by atoms with Crippen LogP contribution >= 0.6 is 0 Å². The van der Waals surface area contributed by atoms with Crippen molar-refractivity contribution in [1.29, 1.82) is 0 Å². The lowest BCUT2D eigenvalue weighted by Gasteiger charge is -2.28. The van der Waals surface area contributed by atoms with Gasteiger partial charge < -0.3 is 16.0 Å². The highest BCUT2D eigenvalue weighted by Crippen LogP contribution is 2.13. The Morgan fingerprint density at radius 1 is 1.50 bits per heavy atom. The van der Waals surface area contributed by atoms with Gasteiger partial charge in [-0.05, 0) is 26.4 Å². The van der Waals surface area contributed by atoms with Gasteiger partial charge in [0.2, 0.25) is 5.91 Å². The summed E-state index contributed by atoms with van der Waals surface area (Å²) in [6.07, 6.45) is 0. The molecule has 4 heteroatoms. The Morgan fingerprint density at radius 2 is 2.00 bits per heavy atom. The summed E-state index contributed by atoms with van der Waals surface area (Å²) < 4.78 is 0. The molecule has 0 aromatic heterocycles. The van der Waals surface area contributed by atoms with Crippen LogP contribution in [0.1, 0.15) is 20.8 Å².